The molecule has 0 unspecified atom stereocenters. The first-order chi connectivity index (χ1) is 7.88. The first kappa shape index (κ1) is 10.9. The van der Waals surface area contributed by atoms with Crippen molar-refractivity contribution in [2.24, 2.45) is 0 Å². The van der Waals surface area contributed by atoms with Gasteiger partial charge in [0.25, 0.3) is 0 Å². The lowest BCUT2D eigenvalue weighted by Crippen LogP contribution is -2.05. The molecule has 0 saturated heterocycles. The molecule has 2 heterocycles. The van der Waals surface area contributed by atoms with Gasteiger partial charge in [-0.15, -0.1) is 11.3 Å². The van der Waals surface area contributed by atoms with Crippen LogP contribution in [0.3, 0.4) is 0 Å². The smallest absolute Gasteiger partial charge is 0.224 e. The Morgan fingerprint density at radius 3 is 3.00 bits per heavy atom. The Morgan fingerprint density at radius 1 is 1.31 bits per heavy atom. The third-order valence-electron chi connectivity index (χ3n) is 2.01. The summed E-state index contributed by atoms with van der Waals surface area (Å²) >= 11 is 1.74. The van der Waals surface area contributed by atoms with Crippen molar-refractivity contribution in [3.63, 3.8) is 0 Å². The maximum atomic E-state index is 4.33. The average molecular weight is 234 g/mol. The van der Waals surface area contributed by atoms with E-state index in [9.17, 15) is 0 Å². The van der Waals surface area contributed by atoms with Crippen LogP contribution in [0.5, 0.6) is 0 Å². The summed E-state index contributed by atoms with van der Waals surface area (Å²) in [6.45, 7) is 3.66. The topological polar surface area (TPSA) is 49.8 Å². The van der Waals surface area contributed by atoms with E-state index in [1.54, 1.807) is 17.5 Å². The van der Waals surface area contributed by atoms with E-state index >= 15 is 0 Å². The Labute approximate surface area is 98.8 Å². The van der Waals surface area contributed by atoms with Crippen LogP contribution in [0.25, 0.3) is 0 Å². The number of hydrogen-bond donors (Lipinski definition) is 2. The van der Waals surface area contributed by atoms with Crippen molar-refractivity contribution in [3.05, 3.63) is 34.7 Å². The zero-order chi connectivity index (χ0) is 11.2. The van der Waals surface area contributed by atoms with E-state index in [2.05, 4.69) is 32.0 Å². The van der Waals surface area contributed by atoms with Crippen LogP contribution in [-0.2, 0) is 6.54 Å². The predicted octanol–water partition coefficient (Wildman–Crippen LogP) is 2.58. The summed E-state index contributed by atoms with van der Waals surface area (Å²) in [6.07, 6.45) is 1.75. The molecule has 16 heavy (non-hydrogen) atoms. The molecule has 0 spiro atoms. The lowest BCUT2D eigenvalue weighted by atomic mass is 10.4. The molecular weight excluding hydrogens is 220 g/mol. The number of hydrogen-bond acceptors (Lipinski definition) is 5. The number of aromatic nitrogens is 2. The van der Waals surface area contributed by atoms with Gasteiger partial charge in [-0.25, -0.2) is 4.98 Å². The van der Waals surface area contributed by atoms with Crippen LogP contribution in [0.15, 0.2) is 29.8 Å². The molecule has 0 aliphatic carbocycles. The second-order valence-corrected chi connectivity index (χ2v) is 4.26. The summed E-state index contributed by atoms with van der Waals surface area (Å²) in [4.78, 5) is 9.74. The van der Waals surface area contributed by atoms with E-state index in [4.69, 9.17) is 0 Å². The van der Waals surface area contributed by atoms with E-state index in [-0.39, 0.29) is 0 Å². The number of rotatable bonds is 5. The van der Waals surface area contributed by atoms with Crippen LogP contribution in [0, 0.1) is 0 Å². The molecular formula is C11H14N4S. The molecule has 0 amide bonds. The molecule has 0 aliphatic rings. The summed E-state index contributed by atoms with van der Waals surface area (Å²) in [5.41, 5.74) is 0. The minimum atomic E-state index is 0.665. The lowest BCUT2D eigenvalue weighted by molar-refractivity contribution is 1.06. The van der Waals surface area contributed by atoms with Gasteiger partial charge in [-0.05, 0) is 24.4 Å². The van der Waals surface area contributed by atoms with Gasteiger partial charge < -0.3 is 10.6 Å². The van der Waals surface area contributed by atoms with Crippen LogP contribution in [0.4, 0.5) is 11.8 Å². The van der Waals surface area contributed by atoms with E-state index in [1.165, 1.54) is 4.88 Å². The van der Waals surface area contributed by atoms with E-state index in [1.807, 2.05) is 19.1 Å². The molecule has 0 aliphatic heterocycles. The van der Waals surface area contributed by atoms with Gasteiger partial charge >= 0.3 is 0 Å². The molecule has 0 radical (unpaired) electrons. The van der Waals surface area contributed by atoms with Crippen LogP contribution < -0.4 is 10.6 Å². The van der Waals surface area contributed by atoms with Crippen LogP contribution >= 0.6 is 11.3 Å². The second kappa shape index (κ2) is 5.46. The molecule has 0 saturated carbocycles. The van der Waals surface area contributed by atoms with Crippen LogP contribution in [0.2, 0.25) is 0 Å². The maximum absolute atomic E-state index is 4.33. The standard InChI is InChI=1S/C11H14N4S/c1-2-12-11-13-6-5-10(15-11)14-8-9-4-3-7-16-9/h3-7H,2,8H2,1H3,(H2,12,13,14,15). The summed E-state index contributed by atoms with van der Waals surface area (Å²) in [7, 11) is 0. The Kier molecular flexibility index (Phi) is 3.71. The summed E-state index contributed by atoms with van der Waals surface area (Å²) in [5.74, 6) is 1.51. The molecule has 2 N–H and O–H groups in total. The van der Waals surface area contributed by atoms with Gasteiger partial charge in [-0.2, -0.15) is 4.98 Å². The first-order valence-electron chi connectivity index (χ1n) is 5.21. The molecule has 0 bridgehead atoms. The molecule has 5 heteroatoms. The highest BCUT2D eigenvalue weighted by atomic mass is 32.1. The molecule has 0 aromatic carbocycles. The highest BCUT2D eigenvalue weighted by molar-refractivity contribution is 7.09. The highest BCUT2D eigenvalue weighted by Crippen LogP contribution is 2.11. The fourth-order valence-electron chi connectivity index (χ4n) is 1.29. The number of thiophene rings is 1. The van der Waals surface area contributed by atoms with Crippen molar-refractivity contribution < 1.29 is 0 Å². The van der Waals surface area contributed by atoms with Crippen molar-refractivity contribution in [3.8, 4) is 0 Å². The molecule has 2 aromatic heterocycles. The van der Waals surface area contributed by atoms with Gasteiger partial charge in [0.15, 0.2) is 0 Å². The third-order valence-corrected chi connectivity index (χ3v) is 2.89. The molecule has 2 rings (SSSR count). The van der Waals surface area contributed by atoms with Gasteiger partial charge in [0.1, 0.15) is 5.82 Å². The third kappa shape index (κ3) is 2.93. The van der Waals surface area contributed by atoms with E-state index in [0.29, 0.717) is 5.95 Å². The Morgan fingerprint density at radius 2 is 2.25 bits per heavy atom. The lowest BCUT2D eigenvalue weighted by Gasteiger charge is -2.05. The molecule has 4 nitrogen and oxygen atoms in total. The van der Waals surface area contributed by atoms with Gasteiger partial charge in [-0.1, -0.05) is 6.07 Å². The zero-order valence-electron chi connectivity index (χ0n) is 9.10. The average Bonchev–Trinajstić information content (AvgIpc) is 2.80. The van der Waals surface area contributed by atoms with Gasteiger partial charge in [-0.3, -0.25) is 0 Å². The highest BCUT2D eigenvalue weighted by Gasteiger charge is 1.98. The fraction of sp³-hybridized carbons (Fsp3) is 0.273. The summed E-state index contributed by atoms with van der Waals surface area (Å²) in [5, 5.41) is 8.42. The Balaban J connectivity index is 1.96. The van der Waals surface area contributed by atoms with Crippen LogP contribution in [-0.4, -0.2) is 16.5 Å². The predicted molar refractivity (Wildman–Crippen MR) is 67.8 cm³/mol. The quantitative estimate of drug-likeness (QED) is 0.835. The van der Waals surface area contributed by atoms with Gasteiger partial charge in [0.05, 0.1) is 6.54 Å². The molecule has 2 aromatic rings. The van der Waals surface area contributed by atoms with Crippen molar-refractivity contribution in [2.75, 3.05) is 17.2 Å². The molecule has 0 fully saturated rings. The monoisotopic (exact) mass is 234 g/mol. The zero-order valence-corrected chi connectivity index (χ0v) is 9.92. The van der Waals surface area contributed by atoms with E-state index in [0.717, 1.165) is 18.9 Å². The fourth-order valence-corrected chi connectivity index (χ4v) is 1.94. The minimum absolute atomic E-state index is 0.665. The van der Waals surface area contributed by atoms with Gasteiger partial charge in [0.2, 0.25) is 5.95 Å². The second-order valence-electron chi connectivity index (χ2n) is 3.23. The van der Waals surface area contributed by atoms with Crippen LogP contribution in [0.1, 0.15) is 11.8 Å². The SMILES string of the molecule is CCNc1nccc(NCc2cccs2)n1. The van der Waals surface area contributed by atoms with Crippen molar-refractivity contribution >= 4 is 23.1 Å². The number of nitrogens with one attached hydrogen (secondary N) is 2. The number of anilines is 2. The summed E-state index contributed by atoms with van der Waals surface area (Å²) in [6, 6.07) is 6.02. The van der Waals surface area contributed by atoms with Gasteiger partial charge in [0, 0.05) is 17.6 Å². The Bertz CT molecular complexity index is 427. The summed E-state index contributed by atoms with van der Waals surface area (Å²) < 4.78 is 0. The van der Waals surface area contributed by atoms with Crippen molar-refractivity contribution in [1.29, 1.82) is 0 Å². The van der Waals surface area contributed by atoms with E-state index < -0.39 is 0 Å². The minimum Gasteiger partial charge on any atom is -0.365 e. The maximum Gasteiger partial charge on any atom is 0.224 e. The molecule has 0 atom stereocenters. The normalized spacial score (nSPS) is 10.1. The van der Waals surface area contributed by atoms with Crippen molar-refractivity contribution in [1.82, 2.24) is 9.97 Å². The van der Waals surface area contributed by atoms with Crippen molar-refractivity contribution in [2.45, 2.75) is 13.5 Å². The Hall–Kier alpha value is -1.62. The largest absolute Gasteiger partial charge is 0.365 e. The molecule has 84 valence electrons. The number of nitrogens with zero attached hydrogens (tertiary/aromatic N) is 2. The first-order valence-corrected chi connectivity index (χ1v) is 6.09.